The summed E-state index contributed by atoms with van der Waals surface area (Å²) in [5.74, 6) is 0.702. The first-order valence-corrected chi connectivity index (χ1v) is 16.1. The third kappa shape index (κ3) is 6.72. The summed E-state index contributed by atoms with van der Waals surface area (Å²) in [6.07, 6.45) is 5.26. The van der Waals surface area contributed by atoms with Crippen molar-refractivity contribution in [2.24, 2.45) is 5.92 Å². The molecular weight excluding hydrogens is 558 g/mol. The lowest BCUT2D eigenvalue weighted by atomic mass is 9.79. The fourth-order valence-corrected chi connectivity index (χ4v) is 6.54. The highest BCUT2D eigenvalue weighted by molar-refractivity contribution is 6.01. The summed E-state index contributed by atoms with van der Waals surface area (Å²) in [5.41, 5.74) is 3.33. The topological polar surface area (TPSA) is 88.6 Å². The van der Waals surface area contributed by atoms with Crippen molar-refractivity contribution in [2.45, 2.75) is 82.8 Å². The summed E-state index contributed by atoms with van der Waals surface area (Å²) in [5, 5.41) is 0. The number of nitrogens with zero attached hydrogens (tertiary/aromatic N) is 3. The number of hydrogen-bond donors (Lipinski definition) is 0. The van der Waals surface area contributed by atoms with Crippen molar-refractivity contribution < 1.29 is 28.6 Å². The fourth-order valence-electron chi connectivity index (χ4n) is 6.54. The maximum atomic E-state index is 14.8. The van der Waals surface area contributed by atoms with E-state index in [1.54, 1.807) is 16.9 Å². The van der Waals surface area contributed by atoms with Crippen LogP contribution in [0.2, 0.25) is 0 Å². The largest absolute Gasteiger partial charge is 0.482 e. The first kappa shape index (κ1) is 30.4. The Balaban J connectivity index is 1.32. The SMILES string of the molecule is COCCCN1C(=O)COc2ccc(N(C(=O)[C@H]3CN(C(=O)OC(C)(C)C)CC[C@@H]3c3cccc(C4CC4)c3)C3CC3)cc21. The lowest BCUT2D eigenvalue weighted by Crippen LogP contribution is -2.51. The summed E-state index contributed by atoms with van der Waals surface area (Å²) in [6, 6.07) is 14.5. The molecular formula is C35H45N3O6. The zero-order valence-corrected chi connectivity index (χ0v) is 26.4. The maximum absolute atomic E-state index is 14.8. The smallest absolute Gasteiger partial charge is 0.410 e. The van der Waals surface area contributed by atoms with E-state index in [-0.39, 0.29) is 36.5 Å². The van der Waals surface area contributed by atoms with Crippen molar-refractivity contribution in [3.05, 3.63) is 53.6 Å². The molecule has 3 amide bonds. The molecule has 2 atom stereocenters. The molecule has 0 radical (unpaired) electrons. The van der Waals surface area contributed by atoms with Crippen LogP contribution in [0.25, 0.3) is 0 Å². The Morgan fingerprint density at radius 1 is 1.02 bits per heavy atom. The molecule has 0 bridgehead atoms. The Morgan fingerprint density at radius 2 is 1.80 bits per heavy atom. The third-order valence-electron chi connectivity index (χ3n) is 9.01. The third-order valence-corrected chi connectivity index (χ3v) is 9.01. The van der Waals surface area contributed by atoms with Crippen molar-refractivity contribution in [3.63, 3.8) is 0 Å². The van der Waals surface area contributed by atoms with Crippen LogP contribution in [-0.4, -0.2) is 74.4 Å². The highest BCUT2D eigenvalue weighted by Gasteiger charge is 2.44. The molecule has 9 heteroatoms. The van der Waals surface area contributed by atoms with Gasteiger partial charge in [-0.3, -0.25) is 9.59 Å². The van der Waals surface area contributed by atoms with Crippen LogP contribution in [0.1, 0.15) is 82.3 Å². The molecule has 2 aliphatic heterocycles. The molecule has 3 fully saturated rings. The monoisotopic (exact) mass is 603 g/mol. The number of ether oxygens (including phenoxy) is 3. The molecule has 2 heterocycles. The molecule has 0 N–H and O–H groups in total. The summed E-state index contributed by atoms with van der Waals surface area (Å²) in [4.78, 5) is 46.3. The van der Waals surface area contributed by atoms with Gasteiger partial charge in [-0.05, 0) is 100 Å². The van der Waals surface area contributed by atoms with Crippen LogP contribution in [0, 0.1) is 5.92 Å². The minimum Gasteiger partial charge on any atom is -0.482 e. The van der Waals surface area contributed by atoms with Crippen molar-refractivity contribution in [2.75, 3.05) is 49.8 Å². The molecule has 2 aromatic carbocycles. The molecule has 2 aliphatic carbocycles. The molecule has 1 saturated heterocycles. The number of carbonyl (C=O) groups is 3. The summed E-state index contributed by atoms with van der Waals surface area (Å²) in [7, 11) is 1.65. The lowest BCUT2D eigenvalue weighted by molar-refractivity contribution is -0.124. The van der Waals surface area contributed by atoms with Gasteiger partial charge in [-0.1, -0.05) is 24.3 Å². The highest BCUT2D eigenvalue weighted by Crippen LogP contribution is 2.45. The second kappa shape index (κ2) is 12.4. The van der Waals surface area contributed by atoms with Gasteiger partial charge in [0.15, 0.2) is 6.61 Å². The Hall–Kier alpha value is -3.59. The number of piperidine rings is 1. The second-order valence-corrected chi connectivity index (χ2v) is 13.6. The summed E-state index contributed by atoms with van der Waals surface area (Å²) >= 11 is 0. The predicted molar refractivity (Wildman–Crippen MR) is 168 cm³/mol. The van der Waals surface area contributed by atoms with Gasteiger partial charge < -0.3 is 28.9 Å². The molecule has 9 nitrogen and oxygen atoms in total. The number of amides is 3. The van der Waals surface area contributed by atoms with Crippen LogP contribution in [0.4, 0.5) is 16.2 Å². The Morgan fingerprint density at radius 3 is 2.50 bits per heavy atom. The standard InChI is InChI=1S/C35H45N3O6/c1-35(2,3)44-34(41)36-17-15-28(25-8-5-7-24(19-25)23-9-10-23)29(21-36)33(40)38(26-11-12-26)27-13-14-31-30(20-27)37(16-6-18-42-4)32(39)22-43-31/h5,7-8,13-14,19-20,23,26,28-29H,6,9-12,15-18,21-22H2,1-4H3/t28-,29+/m1/s1. The zero-order chi connectivity index (χ0) is 31.0. The number of carbonyl (C=O) groups excluding carboxylic acids is 3. The minimum absolute atomic E-state index is 0.00518. The van der Waals surface area contributed by atoms with Crippen molar-refractivity contribution >= 4 is 29.3 Å². The van der Waals surface area contributed by atoms with Gasteiger partial charge in [0, 0.05) is 45.1 Å². The van der Waals surface area contributed by atoms with Gasteiger partial charge in [0.25, 0.3) is 5.91 Å². The Labute approximate surface area is 260 Å². The zero-order valence-electron chi connectivity index (χ0n) is 26.4. The van der Waals surface area contributed by atoms with Gasteiger partial charge in [0.1, 0.15) is 11.4 Å². The van der Waals surface area contributed by atoms with Gasteiger partial charge in [-0.25, -0.2) is 4.79 Å². The second-order valence-electron chi connectivity index (χ2n) is 13.6. The molecule has 0 spiro atoms. The van der Waals surface area contributed by atoms with E-state index in [2.05, 4.69) is 24.3 Å². The average molecular weight is 604 g/mol. The molecule has 2 saturated carbocycles. The minimum atomic E-state index is -0.621. The van der Waals surface area contributed by atoms with Crippen LogP contribution < -0.4 is 14.5 Å². The number of methoxy groups -OCH3 is 1. The Kier molecular flexibility index (Phi) is 8.59. The highest BCUT2D eigenvalue weighted by atomic mass is 16.6. The van der Waals surface area contributed by atoms with Crippen LogP contribution >= 0.6 is 0 Å². The van der Waals surface area contributed by atoms with E-state index in [9.17, 15) is 14.4 Å². The molecule has 4 aliphatic rings. The lowest BCUT2D eigenvalue weighted by Gasteiger charge is -2.41. The van der Waals surface area contributed by atoms with Gasteiger partial charge >= 0.3 is 6.09 Å². The summed E-state index contributed by atoms with van der Waals surface area (Å²) in [6.45, 7) is 7.47. The molecule has 0 unspecified atom stereocenters. The van der Waals surface area contributed by atoms with Crippen LogP contribution in [-0.2, 0) is 19.1 Å². The van der Waals surface area contributed by atoms with E-state index in [0.717, 1.165) is 18.5 Å². The van der Waals surface area contributed by atoms with Crippen LogP contribution in [0.5, 0.6) is 5.75 Å². The molecule has 44 heavy (non-hydrogen) atoms. The van der Waals surface area contributed by atoms with E-state index in [1.165, 1.54) is 24.0 Å². The normalized spacial score (nSPS) is 21.9. The van der Waals surface area contributed by atoms with Gasteiger partial charge in [0.05, 0.1) is 11.6 Å². The van der Waals surface area contributed by atoms with Crippen molar-refractivity contribution in [1.29, 1.82) is 0 Å². The van der Waals surface area contributed by atoms with E-state index in [0.29, 0.717) is 56.4 Å². The number of hydrogen-bond acceptors (Lipinski definition) is 6. The van der Waals surface area contributed by atoms with Crippen LogP contribution in [0.15, 0.2) is 42.5 Å². The van der Waals surface area contributed by atoms with E-state index in [4.69, 9.17) is 14.2 Å². The maximum Gasteiger partial charge on any atom is 0.410 e. The number of likely N-dealkylation sites (tertiary alicyclic amines) is 1. The van der Waals surface area contributed by atoms with E-state index < -0.39 is 11.5 Å². The fraction of sp³-hybridized carbons (Fsp3) is 0.571. The Bertz CT molecular complexity index is 1400. The summed E-state index contributed by atoms with van der Waals surface area (Å²) < 4.78 is 16.7. The number of benzene rings is 2. The average Bonchev–Trinajstić information content (AvgIpc) is 3.92. The van der Waals surface area contributed by atoms with Gasteiger partial charge in [-0.2, -0.15) is 0 Å². The number of fused-ring (bicyclic) bond motifs is 1. The molecule has 236 valence electrons. The number of anilines is 2. The van der Waals surface area contributed by atoms with E-state index >= 15 is 0 Å². The van der Waals surface area contributed by atoms with Crippen molar-refractivity contribution in [1.82, 2.24) is 4.90 Å². The molecule has 6 rings (SSSR count). The molecule has 2 aromatic rings. The van der Waals surface area contributed by atoms with Gasteiger partial charge in [0.2, 0.25) is 5.91 Å². The predicted octanol–water partition coefficient (Wildman–Crippen LogP) is 5.86. The van der Waals surface area contributed by atoms with Crippen molar-refractivity contribution in [3.8, 4) is 5.75 Å². The van der Waals surface area contributed by atoms with Gasteiger partial charge in [-0.15, -0.1) is 0 Å². The quantitative estimate of drug-likeness (QED) is 0.334. The first-order chi connectivity index (χ1) is 21.1. The first-order valence-electron chi connectivity index (χ1n) is 16.1. The van der Waals surface area contributed by atoms with E-state index in [1.807, 2.05) is 43.9 Å². The molecule has 0 aromatic heterocycles. The number of rotatable bonds is 9. The van der Waals surface area contributed by atoms with Crippen LogP contribution in [0.3, 0.4) is 0 Å².